The molecule has 0 bridgehead atoms. The van der Waals surface area contributed by atoms with Crippen molar-refractivity contribution in [2.45, 2.75) is 25.9 Å². The van der Waals surface area contributed by atoms with Crippen LogP contribution in [0.2, 0.25) is 0 Å². The van der Waals surface area contributed by atoms with E-state index in [9.17, 15) is 14.2 Å². The van der Waals surface area contributed by atoms with Gasteiger partial charge in [0.25, 0.3) is 0 Å². The van der Waals surface area contributed by atoms with Crippen LogP contribution in [0.15, 0.2) is 0 Å². The number of aliphatic carboxylic acids is 1. The first-order valence-corrected chi connectivity index (χ1v) is 7.71. The number of carboxylic acid groups (broad SMARTS) is 1. The Morgan fingerprint density at radius 2 is 1.94 bits per heavy atom. The Morgan fingerprint density at radius 1 is 1.39 bits per heavy atom. The molecule has 2 rings (SSSR count). The second-order valence-electron chi connectivity index (χ2n) is 4.58. The van der Waals surface area contributed by atoms with Crippen molar-refractivity contribution >= 4 is 19.3 Å². The van der Waals surface area contributed by atoms with Gasteiger partial charge < -0.3 is 14.2 Å². The second kappa shape index (κ2) is 4.76. The molecule has 4 atom stereocenters. The lowest BCUT2D eigenvalue weighted by molar-refractivity contribution is -0.140. The van der Waals surface area contributed by atoms with E-state index in [0.29, 0.717) is 0 Å². The summed E-state index contributed by atoms with van der Waals surface area (Å²) in [6.07, 6.45) is 0.108. The Morgan fingerprint density at radius 3 is 2.33 bits per heavy atom. The number of carbonyl (C=O) groups excluding carboxylic acids is 1. The summed E-state index contributed by atoms with van der Waals surface area (Å²) < 4.78 is 23.0. The first-order valence-electron chi connectivity index (χ1n) is 6.10. The predicted molar refractivity (Wildman–Crippen MR) is 62.4 cm³/mol. The summed E-state index contributed by atoms with van der Waals surface area (Å²) in [6.45, 7) is 3.83. The number of hydrogen-bond donors (Lipinski definition) is 1. The number of ketones is 1. The Labute approximate surface area is 105 Å². The lowest BCUT2D eigenvalue weighted by atomic mass is 10.1. The van der Waals surface area contributed by atoms with Gasteiger partial charge in [-0.3, -0.25) is 14.2 Å². The highest BCUT2D eigenvalue weighted by molar-refractivity contribution is 7.54. The highest BCUT2D eigenvalue weighted by Crippen LogP contribution is 2.69. The Hall–Kier alpha value is -0.710. The van der Waals surface area contributed by atoms with Gasteiger partial charge in [-0.25, -0.2) is 0 Å². The van der Waals surface area contributed by atoms with Crippen LogP contribution in [0.25, 0.3) is 0 Å². The van der Waals surface area contributed by atoms with Crippen molar-refractivity contribution in [2.75, 3.05) is 13.2 Å². The van der Waals surface area contributed by atoms with E-state index in [1.165, 1.54) is 0 Å². The fourth-order valence-corrected chi connectivity index (χ4v) is 5.31. The van der Waals surface area contributed by atoms with Crippen LogP contribution in [0.1, 0.15) is 20.3 Å². The quantitative estimate of drug-likeness (QED) is 0.740. The molecule has 0 heterocycles. The molecule has 0 aromatic rings. The molecular formula is C11H17O6P. The third-order valence-corrected chi connectivity index (χ3v) is 6.19. The maximum Gasteiger partial charge on any atom is 0.334 e. The van der Waals surface area contributed by atoms with Crippen LogP contribution in [0.3, 0.4) is 0 Å². The molecule has 6 nitrogen and oxygen atoms in total. The molecule has 102 valence electrons. The van der Waals surface area contributed by atoms with E-state index in [1.54, 1.807) is 13.8 Å². The van der Waals surface area contributed by atoms with E-state index in [4.69, 9.17) is 14.2 Å². The average Bonchev–Trinajstić information content (AvgIpc) is 2.93. The standard InChI is InChI=1S/C11H17O6P/c1-3-16-18(15,17-4-2)7-5-6(12)8-9(7)10(8)11(13)14/h7-10H,3-5H2,1-2H3,(H,13,14). The Balaban J connectivity index is 2.20. The zero-order valence-electron chi connectivity index (χ0n) is 10.4. The van der Waals surface area contributed by atoms with Gasteiger partial charge in [-0.1, -0.05) is 0 Å². The summed E-state index contributed by atoms with van der Waals surface area (Å²) in [4.78, 5) is 22.7. The molecule has 4 unspecified atom stereocenters. The van der Waals surface area contributed by atoms with Crippen molar-refractivity contribution < 1.29 is 28.3 Å². The second-order valence-corrected chi connectivity index (χ2v) is 6.84. The van der Waals surface area contributed by atoms with E-state index in [1.807, 2.05) is 0 Å². The van der Waals surface area contributed by atoms with E-state index in [0.717, 1.165) is 0 Å². The van der Waals surface area contributed by atoms with Gasteiger partial charge in [0.05, 0.1) is 24.8 Å². The molecule has 0 aliphatic heterocycles. The number of hydrogen-bond acceptors (Lipinski definition) is 5. The first-order chi connectivity index (χ1) is 8.46. The molecule has 1 N–H and O–H groups in total. The fourth-order valence-electron chi connectivity index (χ4n) is 2.94. The van der Waals surface area contributed by atoms with Crippen LogP contribution >= 0.6 is 7.60 Å². The minimum atomic E-state index is -3.38. The van der Waals surface area contributed by atoms with Gasteiger partial charge in [0.15, 0.2) is 0 Å². The number of carbonyl (C=O) groups is 2. The first kappa shape index (κ1) is 13.7. The summed E-state index contributed by atoms with van der Waals surface area (Å²) in [7, 11) is -3.38. The molecule has 0 radical (unpaired) electrons. The number of fused-ring (bicyclic) bond motifs is 1. The van der Waals surface area contributed by atoms with Crippen molar-refractivity contribution in [1.29, 1.82) is 0 Å². The van der Waals surface area contributed by atoms with Crippen LogP contribution in [0.5, 0.6) is 0 Å². The Kier molecular flexibility index (Phi) is 3.63. The monoisotopic (exact) mass is 276 g/mol. The molecule has 2 fully saturated rings. The molecule has 0 amide bonds. The van der Waals surface area contributed by atoms with Crippen LogP contribution in [0, 0.1) is 17.8 Å². The molecule has 0 aromatic heterocycles. The predicted octanol–water partition coefficient (Wildman–Crippen LogP) is 1.54. The van der Waals surface area contributed by atoms with E-state index >= 15 is 0 Å². The highest BCUT2D eigenvalue weighted by Gasteiger charge is 2.70. The number of carboxylic acids is 1. The molecule has 2 saturated carbocycles. The molecular weight excluding hydrogens is 259 g/mol. The zero-order valence-corrected chi connectivity index (χ0v) is 11.3. The molecule has 18 heavy (non-hydrogen) atoms. The summed E-state index contributed by atoms with van der Waals surface area (Å²) in [6, 6.07) is 0. The largest absolute Gasteiger partial charge is 0.481 e. The van der Waals surface area contributed by atoms with Gasteiger partial charge in [0, 0.05) is 12.3 Å². The van der Waals surface area contributed by atoms with E-state index in [2.05, 4.69) is 0 Å². The van der Waals surface area contributed by atoms with Crippen molar-refractivity contribution in [3.8, 4) is 0 Å². The van der Waals surface area contributed by atoms with Crippen molar-refractivity contribution in [3.05, 3.63) is 0 Å². The third-order valence-electron chi connectivity index (χ3n) is 3.61. The maximum absolute atomic E-state index is 12.6. The van der Waals surface area contributed by atoms with Gasteiger partial charge in [-0.2, -0.15) is 0 Å². The summed E-state index contributed by atoms with van der Waals surface area (Å²) in [5.74, 6) is -2.69. The van der Waals surface area contributed by atoms with Crippen molar-refractivity contribution in [3.63, 3.8) is 0 Å². The van der Waals surface area contributed by atoms with Crippen LogP contribution in [0.4, 0.5) is 0 Å². The SMILES string of the molecule is CCOP(=O)(OCC)C1CC(=O)C2C(C(=O)O)C21. The summed E-state index contributed by atoms with van der Waals surface area (Å²) in [5.41, 5.74) is -0.587. The van der Waals surface area contributed by atoms with Gasteiger partial charge >= 0.3 is 13.6 Å². The van der Waals surface area contributed by atoms with Gasteiger partial charge in [-0.05, 0) is 19.8 Å². The normalized spacial score (nSPS) is 34.4. The lowest BCUT2D eigenvalue weighted by Gasteiger charge is -2.24. The molecule has 0 saturated heterocycles. The smallest absolute Gasteiger partial charge is 0.334 e. The zero-order chi connectivity index (χ0) is 13.5. The van der Waals surface area contributed by atoms with Crippen LogP contribution in [-0.2, 0) is 23.2 Å². The van der Waals surface area contributed by atoms with Crippen molar-refractivity contribution in [1.82, 2.24) is 0 Å². The van der Waals surface area contributed by atoms with Gasteiger partial charge in [-0.15, -0.1) is 0 Å². The molecule has 0 spiro atoms. The Bertz CT molecular complexity index is 406. The minimum absolute atomic E-state index is 0.108. The summed E-state index contributed by atoms with van der Waals surface area (Å²) in [5, 5.41) is 9.00. The fraction of sp³-hybridized carbons (Fsp3) is 0.818. The van der Waals surface area contributed by atoms with Crippen molar-refractivity contribution in [2.24, 2.45) is 17.8 Å². The highest BCUT2D eigenvalue weighted by atomic mass is 31.2. The lowest BCUT2D eigenvalue weighted by Crippen LogP contribution is -2.20. The number of Topliss-reactive ketones (excluding diaryl/α,β-unsaturated/α-hetero) is 1. The van der Waals surface area contributed by atoms with Gasteiger partial charge in [0.2, 0.25) is 0 Å². The summed E-state index contributed by atoms with van der Waals surface area (Å²) >= 11 is 0. The van der Waals surface area contributed by atoms with E-state index in [-0.39, 0.29) is 31.3 Å². The minimum Gasteiger partial charge on any atom is -0.481 e. The van der Waals surface area contributed by atoms with Gasteiger partial charge in [0.1, 0.15) is 5.78 Å². The third kappa shape index (κ3) is 2.02. The molecule has 7 heteroatoms. The molecule has 2 aliphatic rings. The average molecular weight is 276 g/mol. The maximum atomic E-state index is 12.6. The van der Waals surface area contributed by atoms with Crippen LogP contribution in [-0.4, -0.2) is 35.7 Å². The topological polar surface area (TPSA) is 89.9 Å². The molecule has 0 aromatic carbocycles. The van der Waals surface area contributed by atoms with E-state index < -0.39 is 31.1 Å². The number of rotatable bonds is 6. The van der Waals surface area contributed by atoms with Crippen LogP contribution < -0.4 is 0 Å². The molecule has 2 aliphatic carbocycles.